The zero-order valence-corrected chi connectivity index (χ0v) is 14.1. The first-order valence-corrected chi connectivity index (χ1v) is 8.04. The largest absolute Gasteiger partial charge is 0.340 e. The molecule has 4 nitrogen and oxygen atoms in total. The van der Waals surface area contributed by atoms with Gasteiger partial charge in [0.1, 0.15) is 17.7 Å². The molecule has 0 bridgehead atoms. The first kappa shape index (κ1) is 18.6. The van der Waals surface area contributed by atoms with E-state index in [1.165, 1.54) is 0 Å². The Bertz CT molecular complexity index is 750. The van der Waals surface area contributed by atoms with E-state index in [0.717, 1.165) is 12.1 Å². The minimum atomic E-state index is -0.870. The van der Waals surface area contributed by atoms with Gasteiger partial charge in [-0.25, -0.2) is 8.78 Å². The molecule has 0 heterocycles. The Morgan fingerprint density at radius 3 is 2.36 bits per heavy atom. The van der Waals surface area contributed by atoms with Crippen LogP contribution in [0.1, 0.15) is 30.6 Å². The van der Waals surface area contributed by atoms with E-state index < -0.39 is 23.6 Å². The molecule has 2 aromatic rings. The molecule has 0 fully saturated rings. The van der Waals surface area contributed by atoms with Gasteiger partial charge in [0.15, 0.2) is 0 Å². The number of anilines is 1. The molecule has 2 aromatic carbocycles. The Hall–Kier alpha value is -2.76. The molecule has 0 aliphatic heterocycles. The molecule has 0 aliphatic carbocycles. The van der Waals surface area contributed by atoms with Gasteiger partial charge in [0.25, 0.3) is 5.91 Å². The number of benzene rings is 2. The van der Waals surface area contributed by atoms with Crippen LogP contribution in [-0.2, 0) is 4.79 Å². The molecule has 2 unspecified atom stereocenters. The van der Waals surface area contributed by atoms with Gasteiger partial charge in [0, 0.05) is 11.6 Å². The first-order chi connectivity index (χ1) is 11.9. The van der Waals surface area contributed by atoms with Gasteiger partial charge in [0.05, 0.1) is 5.69 Å². The van der Waals surface area contributed by atoms with E-state index in [2.05, 4.69) is 10.6 Å². The summed E-state index contributed by atoms with van der Waals surface area (Å²) in [6, 6.07) is 10.6. The SMILES string of the molecule is CCC(C)C(NC(=O)c1ccccc1)C(=O)Nc1ccc(F)cc1F. The van der Waals surface area contributed by atoms with E-state index in [-0.39, 0.29) is 17.5 Å². The Kier molecular flexibility index (Phi) is 6.22. The maximum atomic E-state index is 13.7. The van der Waals surface area contributed by atoms with Crippen LogP contribution in [0.15, 0.2) is 48.5 Å². The molecule has 132 valence electrons. The summed E-state index contributed by atoms with van der Waals surface area (Å²) in [5, 5.41) is 5.10. The molecule has 2 atom stereocenters. The second kappa shape index (κ2) is 8.37. The fourth-order valence-corrected chi connectivity index (χ4v) is 2.32. The quantitative estimate of drug-likeness (QED) is 0.837. The van der Waals surface area contributed by atoms with E-state index in [0.29, 0.717) is 18.1 Å². The molecule has 0 saturated heterocycles. The zero-order chi connectivity index (χ0) is 18.4. The first-order valence-electron chi connectivity index (χ1n) is 8.04. The van der Waals surface area contributed by atoms with Crippen LogP contribution in [0.2, 0.25) is 0 Å². The summed E-state index contributed by atoms with van der Waals surface area (Å²) in [5.41, 5.74) is 0.297. The van der Waals surface area contributed by atoms with Gasteiger partial charge >= 0.3 is 0 Å². The van der Waals surface area contributed by atoms with Crippen LogP contribution in [0.25, 0.3) is 0 Å². The summed E-state index contributed by atoms with van der Waals surface area (Å²) in [6.45, 7) is 3.70. The summed E-state index contributed by atoms with van der Waals surface area (Å²) in [4.78, 5) is 24.9. The number of carbonyl (C=O) groups is 2. The predicted molar refractivity (Wildman–Crippen MR) is 92.1 cm³/mol. The van der Waals surface area contributed by atoms with Gasteiger partial charge in [-0.2, -0.15) is 0 Å². The summed E-state index contributed by atoms with van der Waals surface area (Å²) in [6.07, 6.45) is 0.638. The Balaban J connectivity index is 2.16. The minimum Gasteiger partial charge on any atom is -0.340 e. The van der Waals surface area contributed by atoms with Crippen molar-refractivity contribution in [3.8, 4) is 0 Å². The highest BCUT2D eigenvalue weighted by atomic mass is 19.1. The molecule has 0 aliphatic rings. The van der Waals surface area contributed by atoms with E-state index in [9.17, 15) is 18.4 Å². The second-order valence-electron chi connectivity index (χ2n) is 5.82. The van der Waals surface area contributed by atoms with Crippen molar-refractivity contribution in [3.05, 3.63) is 65.7 Å². The van der Waals surface area contributed by atoms with E-state index in [1.54, 1.807) is 30.3 Å². The molecule has 25 heavy (non-hydrogen) atoms. The molecule has 0 spiro atoms. The third-order valence-corrected chi connectivity index (χ3v) is 4.01. The fourth-order valence-electron chi connectivity index (χ4n) is 2.32. The highest BCUT2D eigenvalue weighted by Crippen LogP contribution is 2.17. The maximum Gasteiger partial charge on any atom is 0.251 e. The summed E-state index contributed by atoms with van der Waals surface area (Å²) in [5.74, 6) is -2.71. The highest BCUT2D eigenvalue weighted by Gasteiger charge is 2.27. The molecule has 2 rings (SSSR count). The Labute approximate surface area is 145 Å². The average Bonchev–Trinajstić information content (AvgIpc) is 2.61. The number of hydrogen-bond acceptors (Lipinski definition) is 2. The molecule has 2 N–H and O–H groups in total. The molecule has 0 saturated carbocycles. The average molecular weight is 346 g/mol. The lowest BCUT2D eigenvalue weighted by Crippen LogP contribution is -2.47. The lowest BCUT2D eigenvalue weighted by Gasteiger charge is -2.23. The van der Waals surface area contributed by atoms with Crippen LogP contribution in [0.5, 0.6) is 0 Å². The maximum absolute atomic E-state index is 13.7. The number of hydrogen-bond donors (Lipinski definition) is 2. The van der Waals surface area contributed by atoms with E-state index in [1.807, 2.05) is 13.8 Å². The van der Waals surface area contributed by atoms with Crippen LogP contribution >= 0.6 is 0 Å². The molecule has 0 aromatic heterocycles. The zero-order valence-electron chi connectivity index (χ0n) is 14.1. The number of amides is 2. The topological polar surface area (TPSA) is 58.2 Å². The lowest BCUT2D eigenvalue weighted by molar-refractivity contribution is -0.119. The van der Waals surface area contributed by atoms with Crippen molar-refractivity contribution in [1.29, 1.82) is 0 Å². The Morgan fingerprint density at radius 1 is 1.08 bits per heavy atom. The van der Waals surface area contributed by atoms with E-state index in [4.69, 9.17) is 0 Å². The predicted octanol–water partition coefficient (Wildman–Crippen LogP) is 3.75. The standard InChI is InChI=1S/C19H20F2N2O2/c1-3-12(2)17(23-18(24)13-7-5-4-6-8-13)19(25)22-16-10-9-14(20)11-15(16)21/h4-12,17H,3H2,1-2H3,(H,22,25)(H,23,24). The van der Waals surface area contributed by atoms with Crippen molar-refractivity contribution in [1.82, 2.24) is 5.32 Å². The number of rotatable bonds is 6. The molecule has 0 radical (unpaired) electrons. The third kappa shape index (κ3) is 4.86. The van der Waals surface area contributed by atoms with Crippen LogP contribution in [0.3, 0.4) is 0 Å². The smallest absolute Gasteiger partial charge is 0.251 e. The van der Waals surface area contributed by atoms with Crippen molar-refractivity contribution in [2.24, 2.45) is 5.92 Å². The third-order valence-electron chi connectivity index (χ3n) is 4.01. The number of carbonyl (C=O) groups excluding carboxylic acids is 2. The van der Waals surface area contributed by atoms with Crippen molar-refractivity contribution >= 4 is 17.5 Å². The molecule has 2 amide bonds. The van der Waals surface area contributed by atoms with Gasteiger partial charge in [-0.1, -0.05) is 38.5 Å². The summed E-state index contributed by atoms with van der Waals surface area (Å²) in [7, 11) is 0. The van der Waals surface area contributed by atoms with Crippen molar-refractivity contribution in [2.75, 3.05) is 5.32 Å². The molecular formula is C19H20F2N2O2. The monoisotopic (exact) mass is 346 g/mol. The van der Waals surface area contributed by atoms with Crippen molar-refractivity contribution in [3.63, 3.8) is 0 Å². The highest BCUT2D eigenvalue weighted by molar-refractivity contribution is 6.01. The minimum absolute atomic E-state index is 0.131. The lowest BCUT2D eigenvalue weighted by atomic mass is 9.97. The van der Waals surface area contributed by atoms with Crippen molar-refractivity contribution in [2.45, 2.75) is 26.3 Å². The summed E-state index contributed by atoms with van der Waals surface area (Å²) < 4.78 is 26.7. The number of nitrogens with one attached hydrogen (secondary N) is 2. The van der Waals surface area contributed by atoms with Crippen LogP contribution in [0, 0.1) is 17.6 Å². The number of halogens is 2. The van der Waals surface area contributed by atoms with Crippen LogP contribution < -0.4 is 10.6 Å². The van der Waals surface area contributed by atoms with Gasteiger partial charge in [-0.15, -0.1) is 0 Å². The normalized spacial score (nSPS) is 13.0. The molecular weight excluding hydrogens is 326 g/mol. The van der Waals surface area contributed by atoms with Crippen molar-refractivity contribution < 1.29 is 18.4 Å². The van der Waals surface area contributed by atoms with Crippen LogP contribution in [0.4, 0.5) is 14.5 Å². The Morgan fingerprint density at radius 2 is 1.76 bits per heavy atom. The second-order valence-corrected chi connectivity index (χ2v) is 5.82. The van der Waals surface area contributed by atoms with Gasteiger partial charge in [0.2, 0.25) is 5.91 Å². The van der Waals surface area contributed by atoms with Gasteiger partial charge in [-0.05, 0) is 30.2 Å². The fraction of sp³-hybridized carbons (Fsp3) is 0.263. The molecule has 6 heteroatoms. The summed E-state index contributed by atoms with van der Waals surface area (Å²) >= 11 is 0. The van der Waals surface area contributed by atoms with Gasteiger partial charge in [-0.3, -0.25) is 9.59 Å². The van der Waals surface area contributed by atoms with Crippen LogP contribution in [-0.4, -0.2) is 17.9 Å². The van der Waals surface area contributed by atoms with Gasteiger partial charge < -0.3 is 10.6 Å². The van der Waals surface area contributed by atoms with E-state index >= 15 is 0 Å².